The summed E-state index contributed by atoms with van der Waals surface area (Å²) in [6.45, 7) is 0. The first-order chi connectivity index (χ1) is 71.4. The van der Waals surface area contributed by atoms with Crippen molar-refractivity contribution in [1.29, 1.82) is 0 Å². The van der Waals surface area contributed by atoms with Crippen LogP contribution in [0.5, 0.6) is 0 Å². The van der Waals surface area contributed by atoms with Crippen LogP contribution < -0.4 is 14.7 Å². The van der Waals surface area contributed by atoms with Crippen molar-refractivity contribution in [3.05, 3.63) is 570 Å². The Labute approximate surface area is 836 Å². The van der Waals surface area contributed by atoms with E-state index in [-0.39, 0.29) is 0 Å². The number of anilines is 9. The quantitative estimate of drug-likeness (QED) is 0.0794. The second-order valence-electron chi connectivity index (χ2n) is 36.5. The average Bonchev–Trinajstić information content (AvgIpc) is 1.40. The second kappa shape index (κ2) is 38.2. The molecule has 0 aliphatic heterocycles. The third kappa shape index (κ3) is 16.6. The molecule has 0 saturated carbocycles. The molecule has 0 amide bonds. The summed E-state index contributed by atoms with van der Waals surface area (Å²) in [7, 11) is 0. The van der Waals surface area contributed by atoms with Crippen molar-refractivity contribution in [3.8, 4) is 95.5 Å². The fraction of sp³-hybridized carbons (Fsp3) is 0. The highest BCUT2D eigenvalue weighted by Gasteiger charge is 2.24. The molecule has 2 N–H and O–H groups in total. The highest BCUT2D eigenvalue weighted by atomic mass is 15.2. The number of nitrogens with one attached hydrogen (secondary N) is 2. The summed E-state index contributed by atoms with van der Waals surface area (Å²) in [4.78, 5) is 14.3. The van der Waals surface area contributed by atoms with Crippen LogP contribution in [0.3, 0.4) is 0 Å². The van der Waals surface area contributed by atoms with Gasteiger partial charge < -0.3 is 38.4 Å². The van der Waals surface area contributed by atoms with Gasteiger partial charge in [-0.3, -0.25) is 0 Å². The number of fused-ring (bicyclic) bond motifs is 12. The summed E-state index contributed by atoms with van der Waals surface area (Å²) in [5, 5.41) is 12.5. The molecule has 8 nitrogen and oxygen atoms in total. The molecule has 5 aromatic heterocycles. The molecule has 0 aliphatic rings. The molecule has 22 aromatic carbocycles. The van der Waals surface area contributed by atoms with Crippen molar-refractivity contribution in [2.75, 3.05) is 14.7 Å². The van der Waals surface area contributed by atoms with E-state index < -0.39 is 0 Å². The molecule has 0 aliphatic carbocycles. The van der Waals surface area contributed by atoms with Crippen LogP contribution in [0.1, 0.15) is 0 Å². The van der Waals surface area contributed by atoms with Gasteiger partial charge in [-0.1, -0.05) is 370 Å². The van der Waals surface area contributed by atoms with Gasteiger partial charge in [0.15, 0.2) is 0 Å². The molecule has 5 heterocycles. The first-order valence-electron chi connectivity index (χ1n) is 49.2. The average molecular weight is 1840 g/mol. The van der Waals surface area contributed by atoms with Gasteiger partial charge in [0, 0.05) is 123 Å². The van der Waals surface area contributed by atoms with Gasteiger partial charge in [-0.05, 0) is 272 Å². The van der Waals surface area contributed by atoms with Crippen LogP contribution in [0.25, 0.3) is 182 Å². The maximum Gasteiger partial charge on any atom is 0.0546 e. The minimum atomic E-state index is 1.08. The monoisotopic (exact) mass is 1840 g/mol. The van der Waals surface area contributed by atoms with Crippen LogP contribution in [-0.4, -0.2) is 23.7 Å². The summed E-state index contributed by atoms with van der Waals surface area (Å²) < 4.78 is 7.12. The Morgan fingerprint density at radius 1 is 0.132 bits per heavy atom. The van der Waals surface area contributed by atoms with E-state index in [4.69, 9.17) is 0 Å². The fourth-order valence-corrected chi connectivity index (χ4v) is 21.0. The number of rotatable bonds is 19. The third-order valence-electron chi connectivity index (χ3n) is 27.9. The van der Waals surface area contributed by atoms with Crippen LogP contribution in [0.15, 0.2) is 570 Å². The van der Waals surface area contributed by atoms with Crippen LogP contribution in [0, 0.1) is 0 Å². The summed E-state index contributed by atoms with van der Waals surface area (Å²) >= 11 is 0. The number of aromatic nitrogens is 5. The van der Waals surface area contributed by atoms with Crippen LogP contribution in [-0.2, 0) is 0 Å². The van der Waals surface area contributed by atoms with E-state index in [2.05, 4.69) is 596 Å². The second-order valence-corrected chi connectivity index (χ2v) is 36.5. The Bertz CT molecular complexity index is 8380. The maximum absolute atomic E-state index is 3.62. The van der Waals surface area contributed by atoms with Gasteiger partial charge in [0.25, 0.3) is 0 Å². The van der Waals surface area contributed by atoms with Gasteiger partial charge in [-0.15, -0.1) is 0 Å². The lowest BCUT2D eigenvalue weighted by Crippen LogP contribution is -2.10. The maximum atomic E-state index is 3.62. The van der Waals surface area contributed by atoms with Gasteiger partial charge in [-0.25, -0.2) is 0 Å². The highest BCUT2D eigenvalue weighted by molar-refractivity contribution is 6.16. The highest BCUT2D eigenvalue weighted by Crippen LogP contribution is 2.47. The lowest BCUT2D eigenvalue weighted by atomic mass is 9.98. The Balaban J connectivity index is 0.000000116. The van der Waals surface area contributed by atoms with Crippen molar-refractivity contribution in [1.82, 2.24) is 23.7 Å². The number of nitrogens with zero attached hydrogens (tertiary/aromatic N) is 6. The van der Waals surface area contributed by atoms with Crippen LogP contribution >= 0.6 is 0 Å². The van der Waals surface area contributed by atoms with Crippen molar-refractivity contribution in [2.45, 2.75) is 0 Å². The molecule has 0 fully saturated rings. The van der Waals surface area contributed by atoms with Gasteiger partial charge in [0.2, 0.25) is 0 Å². The molecular formula is C136H96N8. The summed E-state index contributed by atoms with van der Waals surface area (Å²) in [5.74, 6) is 0. The van der Waals surface area contributed by atoms with E-state index in [0.717, 1.165) is 102 Å². The minimum Gasteiger partial charge on any atom is -0.355 e. The summed E-state index contributed by atoms with van der Waals surface area (Å²) in [6, 6.07) is 204. The van der Waals surface area contributed by atoms with Crippen LogP contribution in [0.2, 0.25) is 0 Å². The molecule has 0 bridgehead atoms. The Kier molecular flexibility index (Phi) is 22.9. The molecule has 0 spiro atoms. The van der Waals surface area contributed by atoms with E-state index in [1.807, 2.05) is 12.1 Å². The van der Waals surface area contributed by atoms with E-state index in [1.165, 1.54) is 131 Å². The lowest BCUT2D eigenvalue weighted by Gasteiger charge is -2.28. The third-order valence-corrected chi connectivity index (χ3v) is 27.9. The van der Waals surface area contributed by atoms with Gasteiger partial charge >= 0.3 is 0 Å². The molecular weight excluding hydrogens is 1750 g/mol. The molecule has 0 saturated heterocycles. The zero-order valence-corrected chi connectivity index (χ0v) is 79.0. The van der Waals surface area contributed by atoms with Gasteiger partial charge in [-0.2, -0.15) is 0 Å². The largest absolute Gasteiger partial charge is 0.355 e. The first kappa shape index (κ1) is 86.3. The molecule has 0 radical (unpaired) electrons. The normalized spacial score (nSPS) is 11.3. The van der Waals surface area contributed by atoms with Crippen LogP contribution in [0.4, 0.5) is 51.2 Å². The summed E-state index contributed by atoms with van der Waals surface area (Å²) in [5.41, 5.74) is 36.9. The Morgan fingerprint density at radius 3 is 0.590 bits per heavy atom. The standard InChI is InChI=1S/C54H36N4.C46H33N3.C36H27N/c1-7-19-49-43(13-1)44-14-2-8-20-50(44)56(49)40-31-25-37(26-32-40)55(38-27-33-41(34-28-38)57-51-21-9-3-15-45(51)46-16-4-10-22-52(46)57)39-29-35-42(36-30-39)58-53-23-11-5-17-47(53)48-18-6-12-24-54(48)58;1-3-11-32(12-4-1)42-27-29-44(47-42)34-19-23-37(24-20-34)49(46-31-36-15-7-8-16-39(36)40-17-9-10-18-41(40)46)38-25-21-35(22-26-38)45-30-28-43(48-45)33-13-5-2-6-14-33;1-4-10-28(11-5-1)31-16-22-34(23-17-31)37(35-24-18-32(19-25-35)29-12-6-2-7-13-29)36-26-20-33(21-27-36)30-14-8-3-9-15-30/h1-36H;1-31,47-48H;1-27H. The number of H-pyrrole nitrogens is 2. The smallest absolute Gasteiger partial charge is 0.0546 e. The van der Waals surface area contributed by atoms with Crippen molar-refractivity contribution >= 4 is 138 Å². The zero-order valence-electron chi connectivity index (χ0n) is 79.0. The number of para-hydroxylation sites is 6. The summed E-state index contributed by atoms with van der Waals surface area (Å²) in [6.07, 6.45) is 0. The number of benzene rings is 22. The fourth-order valence-electron chi connectivity index (χ4n) is 21.0. The van der Waals surface area contributed by atoms with E-state index in [0.29, 0.717) is 0 Å². The van der Waals surface area contributed by atoms with E-state index >= 15 is 0 Å². The number of hydrogen-bond acceptors (Lipinski definition) is 3. The van der Waals surface area contributed by atoms with E-state index in [1.54, 1.807) is 0 Å². The van der Waals surface area contributed by atoms with Crippen molar-refractivity contribution < 1.29 is 0 Å². The van der Waals surface area contributed by atoms with Gasteiger partial charge in [0.1, 0.15) is 0 Å². The van der Waals surface area contributed by atoms with Gasteiger partial charge in [0.05, 0.1) is 38.8 Å². The van der Waals surface area contributed by atoms with Crippen molar-refractivity contribution in [2.24, 2.45) is 0 Å². The van der Waals surface area contributed by atoms with Crippen molar-refractivity contribution in [3.63, 3.8) is 0 Å². The molecule has 0 atom stereocenters. The topological polar surface area (TPSA) is 56.1 Å². The SMILES string of the molecule is c1ccc(-c2ccc(-c3ccc(N(c4ccc(-c5ccc(-c6ccccc6)[nH]5)cc4)c4cc5ccccc5c5ccccc45)cc3)[nH]2)cc1.c1ccc(-c2ccc(N(c3ccc(-c4ccccc4)cc3)c3ccc(-c4ccccc4)cc3)cc2)cc1.c1ccc2c(c1)c1ccccc1n2-c1ccc(N(c2ccc(-n3c4ccccc4c4ccccc43)cc2)c2ccc(-n3c4ccccc4c4ccccc43)cc2)cc1. The predicted molar refractivity (Wildman–Crippen MR) is 608 cm³/mol. The molecule has 0 unspecified atom stereocenters. The molecule has 8 heteroatoms. The lowest BCUT2D eigenvalue weighted by molar-refractivity contribution is 1.16. The molecule has 680 valence electrons. The molecule has 27 rings (SSSR count). The minimum absolute atomic E-state index is 1.08. The zero-order chi connectivity index (χ0) is 95.6. The van der Waals surface area contributed by atoms with E-state index in [9.17, 15) is 0 Å². The predicted octanol–water partition coefficient (Wildman–Crippen LogP) is 37.4. The molecule has 144 heavy (non-hydrogen) atoms. The number of aromatic amines is 2. The first-order valence-corrected chi connectivity index (χ1v) is 49.2. The Morgan fingerprint density at radius 2 is 0.319 bits per heavy atom. The molecule has 27 aromatic rings. The Hall–Kier alpha value is -19.3. The number of hydrogen-bond donors (Lipinski definition) is 2.